The van der Waals surface area contributed by atoms with Crippen LogP contribution in [0.15, 0.2) is 30.3 Å². The number of hydrogen-bond donors (Lipinski definition) is 1. The summed E-state index contributed by atoms with van der Waals surface area (Å²) < 4.78 is 24.1. The van der Waals surface area contributed by atoms with E-state index in [1.807, 2.05) is 0 Å². The van der Waals surface area contributed by atoms with E-state index in [2.05, 4.69) is 5.32 Å². The van der Waals surface area contributed by atoms with Gasteiger partial charge in [-0.25, -0.2) is 4.39 Å². The van der Waals surface area contributed by atoms with Gasteiger partial charge in [0.05, 0.1) is 24.9 Å². The highest BCUT2D eigenvalue weighted by Crippen LogP contribution is 2.36. The van der Waals surface area contributed by atoms with Gasteiger partial charge in [0.15, 0.2) is 11.5 Å². The summed E-state index contributed by atoms with van der Waals surface area (Å²) in [6.07, 6.45) is 0. The molecule has 0 fully saturated rings. The molecule has 0 saturated heterocycles. The van der Waals surface area contributed by atoms with Crippen molar-refractivity contribution in [1.29, 1.82) is 0 Å². The molecule has 0 amide bonds. The molecule has 112 valence electrons. The maximum atomic E-state index is 13.7. The Hall–Kier alpha value is -1.65. The van der Waals surface area contributed by atoms with E-state index in [1.165, 1.54) is 20.3 Å². The van der Waals surface area contributed by atoms with Crippen LogP contribution >= 0.6 is 23.2 Å². The van der Waals surface area contributed by atoms with E-state index >= 15 is 0 Å². The molecule has 0 unspecified atom stereocenters. The van der Waals surface area contributed by atoms with E-state index in [0.717, 1.165) is 5.56 Å². The number of ether oxygens (including phenoxy) is 2. The predicted octanol–water partition coefficient (Wildman–Crippen LogP) is 4.76. The first-order valence-corrected chi connectivity index (χ1v) is 6.90. The first-order valence-electron chi connectivity index (χ1n) is 6.14. The molecule has 3 nitrogen and oxygen atoms in total. The molecule has 0 aromatic heterocycles. The first-order chi connectivity index (χ1) is 10.0. The molecule has 0 aliphatic carbocycles. The topological polar surface area (TPSA) is 30.5 Å². The Balaban J connectivity index is 2.18. The molecule has 0 radical (unpaired) electrons. The molecule has 0 spiro atoms. The number of anilines is 1. The number of halogens is 3. The lowest BCUT2D eigenvalue weighted by Crippen LogP contribution is -2.02. The molecule has 0 bridgehead atoms. The molecule has 0 heterocycles. The quantitative estimate of drug-likeness (QED) is 0.857. The molecule has 2 aromatic carbocycles. The third kappa shape index (κ3) is 3.71. The van der Waals surface area contributed by atoms with Crippen LogP contribution in [0.2, 0.25) is 10.0 Å². The highest BCUT2D eigenvalue weighted by molar-refractivity contribution is 6.32. The van der Waals surface area contributed by atoms with Gasteiger partial charge in [-0.2, -0.15) is 0 Å². The van der Waals surface area contributed by atoms with Crippen molar-refractivity contribution in [2.45, 2.75) is 6.54 Å². The minimum absolute atomic E-state index is 0.354. The van der Waals surface area contributed by atoms with Crippen molar-refractivity contribution in [2.24, 2.45) is 0 Å². The third-order valence-electron chi connectivity index (χ3n) is 2.91. The maximum absolute atomic E-state index is 13.7. The normalized spacial score (nSPS) is 10.3. The fourth-order valence-electron chi connectivity index (χ4n) is 1.90. The monoisotopic (exact) mass is 329 g/mol. The summed E-state index contributed by atoms with van der Waals surface area (Å²) in [5.74, 6) is 0.591. The average Bonchev–Trinajstić information content (AvgIpc) is 2.45. The van der Waals surface area contributed by atoms with Gasteiger partial charge in [0.25, 0.3) is 0 Å². The second-order valence-corrected chi connectivity index (χ2v) is 5.13. The average molecular weight is 330 g/mol. The summed E-state index contributed by atoms with van der Waals surface area (Å²) in [5.41, 5.74) is 1.21. The SMILES string of the molecule is COc1cc(CNc2ccc(Cl)cc2F)cc(Cl)c1OC. The van der Waals surface area contributed by atoms with Crippen LogP contribution in [0.3, 0.4) is 0 Å². The number of hydrogen-bond acceptors (Lipinski definition) is 3. The smallest absolute Gasteiger partial charge is 0.179 e. The summed E-state index contributed by atoms with van der Waals surface area (Å²) in [6.45, 7) is 0.388. The van der Waals surface area contributed by atoms with Gasteiger partial charge in [-0.1, -0.05) is 23.2 Å². The zero-order valence-electron chi connectivity index (χ0n) is 11.5. The Labute approximate surface area is 132 Å². The molecular formula is C15H14Cl2FNO2. The number of rotatable bonds is 5. The van der Waals surface area contributed by atoms with E-state index in [4.69, 9.17) is 32.7 Å². The highest BCUT2D eigenvalue weighted by Gasteiger charge is 2.11. The van der Waals surface area contributed by atoms with E-state index in [-0.39, 0.29) is 0 Å². The van der Waals surface area contributed by atoms with Crippen molar-refractivity contribution >= 4 is 28.9 Å². The molecule has 2 aromatic rings. The Morgan fingerprint density at radius 1 is 1.10 bits per heavy atom. The summed E-state index contributed by atoms with van der Waals surface area (Å²) in [6, 6.07) is 7.98. The molecule has 2 rings (SSSR count). The van der Waals surface area contributed by atoms with Gasteiger partial charge >= 0.3 is 0 Å². The van der Waals surface area contributed by atoms with Crippen LogP contribution in [-0.4, -0.2) is 14.2 Å². The van der Waals surface area contributed by atoms with Crippen LogP contribution in [0.4, 0.5) is 10.1 Å². The summed E-state index contributed by atoms with van der Waals surface area (Å²) in [5, 5.41) is 3.77. The van der Waals surface area contributed by atoms with Crippen molar-refractivity contribution < 1.29 is 13.9 Å². The molecule has 1 N–H and O–H groups in total. The third-order valence-corrected chi connectivity index (χ3v) is 3.42. The second-order valence-electron chi connectivity index (χ2n) is 4.29. The summed E-state index contributed by atoms with van der Waals surface area (Å²) in [7, 11) is 3.05. The fourth-order valence-corrected chi connectivity index (χ4v) is 2.37. The Morgan fingerprint density at radius 3 is 2.48 bits per heavy atom. The van der Waals surface area contributed by atoms with Gasteiger partial charge < -0.3 is 14.8 Å². The van der Waals surface area contributed by atoms with Crippen molar-refractivity contribution in [2.75, 3.05) is 19.5 Å². The second kappa shape index (κ2) is 6.87. The fraction of sp³-hybridized carbons (Fsp3) is 0.200. The lowest BCUT2D eigenvalue weighted by molar-refractivity contribution is 0.355. The van der Waals surface area contributed by atoms with Gasteiger partial charge in [-0.15, -0.1) is 0 Å². The standard InChI is InChI=1S/C15H14Cl2FNO2/c1-20-14-6-9(5-11(17)15(14)21-2)8-19-13-4-3-10(16)7-12(13)18/h3-7,19H,8H2,1-2H3. The Bertz CT molecular complexity index is 650. The van der Waals surface area contributed by atoms with Gasteiger partial charge in [0.1, 0.15) is 5.82 Å². The predicted molar refractivity (Wildman–Crippen MR) is 83.3 cm³/mol. The molecule has 0 aliphatic heterocycles. The van der Waals surface area contributed by atoms with Crippen LogP contribution < -0.4 is 14.8 Å². The van der Waals surface area contributed by atoms with E-state index in [1.54, 1.807) is 24.3 Å². The molecular weight excluding hydrogens is 316 g/mol. The van der Waals surface area contributed by atoms with Crippen LogP contribution in [0.5, 0.6) is 11.5 Å². The summed E-state index contributed by atoms with van der Waals surface area (Å²) >= 11 is 11.8. The van der Waals surface area contributed by atoms with Crippen molar-refractivity contribution in [3.05, 3.63) is 51.8 Å². The van der Waals surface area contributed by atoms with Crippen LogP contribution in [-0.2, 0) is 6.54 Å². The number of methoxy groups -OCH3 is 2. The number of benzene rings is 2. The van der Waals surface area contributed by atoms with Gasteiger partial charge in [0, 0.05) is 11.6 Å². The van der Waals surface area contributed by atoms with Crippen molar-refractivity contribution in [3.63, 3.8) is 0 Å². The van der Waals surface area contributed by atoms with Gasteiger partial charge in [0.2, 0.25) is 0 Å². The largest absolute Gasteiger partial charge is 0.493 e. The van der Waals surface area contributed by atoms with Crippen LogP contribution in [0.25, 0.3) is 0 Å². The molecule has 0 saturated carbocycles. The Kier molecular flexibility index (Phi) is 5.15. The zero-order valence-corrected chi connectivity index (χ0v) is 13.1. The minimum atomic E-state index is -0.408. The van der Waals surface area contributed by atoms with Crippen LogP contribution in [0.1, 0.15) is 5.56 Å². The van der Waals surface area contributed by atoms with Gasteiger partial charge in [-0.3, -0.25) is 0 Å². The lowest BCUT2D eigenvalue weighted by atomic mass is 10.2. The zero-order chi connectivity index (χ0) is 15.4. The molecule has 0 aliphatic rings. The van der Waals surface area contributed by atoms with E-state index in [0.29, 0.717) is 33.8 Å². The Morgan fingerprint density at radius 2 is 1.86 bits per heavy atom. The maximum Gasteiger partial charge on any atom is 0.179 e. The highest BCUT2D eigenvalue weighted by atomic mass is 35.5. The number of nitrogens with one attached hydrogen (secondary N) is 1. The van der Waals surface area contributed by atoms with E-state index < -0.39 is 5.82 Å². The summed E-state index contributed by atoms with van der Waals surface area (Å²) in [4.78, 5) is 0. The van der Waals surface area contributed by atoms with Crippen LogP contribution in [0, 0.1) is 5.82 Å². The molecule has 21 heavy (non-hydrogen) atoms. The van der Waals surface area contributed by atoms with E-state index in [9.17, 15) is 4.39 Å². The van der Waals surface area contributed by atoms with Gasteiger partial charge in [-0.05, 0) is 35.9 Å². The first kappa shape index (κ1) is 15.7. The minimum Gasteiger partial charge on any atom is -0.493 e. The lowest BCUT2D eigenvalue weighted by Gasteiger charge is -2.13. The molecule has 0 atom stereocenters. The van der Waals surface area contributed by atoms with Crippen molar-refractivity contribution in [1.82, 2.24) is 0 Å². The molecule has 6 heteroatoms. The van der Waals surface area contributed by atoms with Crippen molar-refractivity contribution in [3.8, 4) is 11.5 Å².